The Morgan fingerprint density at radius 1 is 0.667 bits per heavy atom. The van der Waals surface area contributed by atoms with Crippen LogP contribution in [0.5, 0.6) is 0 Å². The Kier molecular flexibility index (Phi) is 4.61. The molecule has 0 radical (unpaired) electrons. The number of benzene rings is 3. The van der Waals surface area contributed by atoms with Gasteiger partial charge in [0.25, 0.3) is 0 Å². The third-order valence-electron chi connectivity index (χ3n) is 4.12. The number of nitriles is 1. The summed E-state index contributed by atoms with van der Waals surface area (Å²) in [6, 6.07) is 27.1. The van der Waals surface area contributed by atoms with Gasteiger partial charge in [-0.3, -0.25) is 0 Å². The first-order chi connectivity index (χ1) is 13.2. The van der Waals surface area contributed by atoms with Crippen molar-refractivity contribution < 1.29 is 0 Å². The molecule has 3 aromatic carbocycles. The van der Waals surface area contributed by atoms with Crippen LogP contribution in [0.4, 0.5) is 0 Å². The highest BCUT2D eigenvalue weighted by Gasteiger charge is 2.11. The number of hydrogen-bond acceptors (Lipinski definition) is 4. The van der Waals surface area contributed by atoms with Gasteiger partial charge >= 0.3 is 0 Å². The van der Waals surface area contributed by atoms with Crippen molar-refractivity contribution in [3.05, 3.63) is 89.7 Å². The van der Waals surface area contributed by atoms with E-state index < -0.39 is 0 Å². The summed E-state index contributed by atoms with van der Waals surface area (Å²) in [6.07, 6.45) is 0. The summed E-state index contributed by atoms with van der Waals surface area (Å²) in [7, 11) is 0. The van der Waals surface area contributed by atoms with Gasteiger partial charge in [0.15, 0.2) is 11.6 Å². The largest absolute Gasteiger partial charge is 0.226 e. The average molecular weight is 369 g/mol. The molecule has 0 aliphatic heterocycles. The van der Waals surface area contributed by atoms with Crippen LogP contribution < -0.4 is 0 Å². The van der Waals surface area contributed by atoms with E-state index in [4.69, 9.17) is 11.6 Å². The maximum Gasteiger partial charge on any atom is 0.226 e. The van der Waals surface area contributed by atoms with Crippen molar-refractivity contribution in [2.24, 2.45) is 0 Å². The summed E-state index contributed by atoms with van der Waals surface area (Å²) in [5.41, 5.74) is 4.08. The Hall–Kier alpha value is -3.55. The zero-order chi connectivity index (χ0) is 18.6. The normalized spacial score (nSPS) is 10.4. The van der Waals surface area contributed by atoms with Gasteiger partial charge in [-0.2, -0.15) is 15.2 Å². The van der Waals surface area contributed by atoms with Crippen LogP contribution in [-0.2, 0) is 0 Å². The minimum Gasteiger partial charge on any atom is -0.208 e. The summed E-state index contributed by atoms with van der Waals surface area (Å²) >= 11 is 6.15. The molecule has 0 fully saturated rings. The molecule has 1 aromatic heterocycles. The summed E-state index contributed by atoms with van der Waals surface area (Å²) in [5, 5.41) is 9.50. The molecular weight excluding hydrogens is 356 g/mol. The first-order valence-corrected chi connectivity index (χ1v) is 8.69. The molecule has 0 saturated carbocycles. The maximum absolute atomic E-state index is 9.36. The van der Waals surface area contributed by atoms with Gasteiger partial charge in [-0.25, -0.2) is 4.98 Å². The van der Waals surface area contributed by atoms with Crippen LogP contribution >= 0.6 is 11.6 Å². The molecule has 0 spiro atoms. The third kappa shape index (κ3) is 3.55. The van der Waals surface area contributed by atoms with Crippen LogP contribution in [0.15, 0.2) is 78.9 Å². The average Bonchev–Trinajstić information content (AvgIpc) is 2.74. The highest BCUT2D eigenvalue weighted by molar-refractivity contribution is 6.28. The smallest absolute Gasteiger partial charge is 0.208 e. The molecule has 27 heavy (non-hydrogen) atoms. The molecule has 0 atom stereocenters. The van der Waals surface area contributed by atoms with Crippen molar-refractivity contribution >= 4 is 11.6 Å². The molecule has 128 valence electrons. The molecule has 4 nitrogen and oxygen atoms in total. The predicted octanol–water partition coefficient (Wildman–Crippen LogP) is 5.40. The van der Waals surface area contributed by atoms with E-state index in [9.17, 15) is 5.26 Å². The molecule has 0 saturated heterocycles. The first kappa shape index (κ1) is 16.9. The molecule has 0 unspecified atom stereocenters. The third-order valence-corrected chi connectivity index (χ3v) is 4.29. The number of nitrogens with zero attached hydrogens (tertiary/aromatic N) is 4. The summed E-state index contributed by atoms with van der Waals surface area (Å²) in [4.78, 5) is 13.1. The Morgan fingerprint density at radius 3 is 2.07 bits per heavy atom. The Morgan fingerprint density at radius 2 is 1.30 bits per heavy atom. The van der Waals surface area contributed by atoms with E-state index in [2.05, 4.69) is 21.0 Å². The van der Waals surface area contributed by atoms with Crippen molar-refractivity contribution in [2.45, 2.75) is 0 Å². The van der Waals surface area contributed by atoms with Crippen LogP contribution in [0, 0.1) is 11.3 Å². The van der Waals surface area contributed by atoms with Crippen LogP contribution in [0.25, 0.3) is 33.9 Å². The number of rotatable bonds is 3. The zero-order valence-corrected chi connectivity index (χ0v) is 14.9. The molecule has 0 bridgehead atoms. The lowest BCUT2D eigenvalue weighted by molar-refractivity contribution is 1.07. The second kappa shape index (κ2) is 7.36. The van der Waals surface area contributed by atoms with Crippen LogP contribution in [0.1, 0.15) is 5.56 Å². The van der Waals surface area contributed by atoms with E-state index in [1.807, 2.05) is 72.8 Å². The number of halogens is 1. The molecule has 0 N–H and O–H groups in total. The molecule has 4 aromatic rings. The summed E-state index contributed by atoms with van der Waals surface area (Å²) in [5.74, 6) is 1.01. The van der Waals surface area contributed by atoms with Gasteiger partial charge < -0.3 is 0 Å². The molecular formula is C22H13ClN4. The molecule has 0 aliphatic rings. The van der Waals surface area contributed by atoms with Gasteiger partial charge in [-0.05, 0) is 34.9 Å². The molecule has 1 heterocycles. The predicted molar refractivity (Wildman–Crippen MR) is 106 cm³/mol. The van der Waals surface area contributed by atoms with Gasteiger partial charge in [0.1, 0.15) is 0 Å². The second-order valence-corrected chi connectivity index (χ2v) is 6.19. The zero-order valence-electron chi connectivity index (χ0n) is 14.2. The fourth-order valence-electron chi connectivity index (χ4n) is 2.85. The fourth-order valence-corrected chi connectivity index (χ4v) is 3.01. The lowest BCUT2D eigenvalue weighted by Crippen LogP contribution is -1.97. The second-order valence-electron chi connectivity index (χ2n) is 5.86. The topological polar surface area (TPSA) is 62.5 Å². The van der Waals surface area contributed by atoms with Gasteiger partial charge in [0, 0.05) is 11.1 Å². The van der Waals surface area contributed by atoms with E-state index in [0.717, 1.165) is 22.3 Å². The van der Waals surface area contributed by atoms with E-state index >= 15 is 0 Å². The van der Waals surface area contributed by atoms with E-state index in [-0.39, 0.29) is 5.28 Å². The Bertz CT molecular complexity index is 1150. The monoisotopic (exact) mass is 368 g/mol. The highest BCUT2D eigenvalue weighted by Crippen LogP contribution is 2.28. The van der Waals surface area contributed by atoms with E-state index in [1.165, 1.54) is 0 Å². The van der Waals surface area contributed by atoms with E-state index in [0.29, 0.717) is 17.2 Å². The molecule has 5 heteroatoms. The molecule has 0 amide bonds. The minimum absolute atomic E-state index is 0.140. The lowest BCUT2D eigenvalue weighted by atomic mass is 9.98. The highest BCUT2D eigenvalue weighted by atomic mass is 35.5. The van der Waals surface area contributed by atoms with Crippen LogP contribution in [0.3, 0.4) is 0 Å². The van der Waals surface area contributed by atoms with Crippen molar-refractivity contribution in [2.75, 3.05) is 0 Å². The fraction of sp³-hybridized carbons (Fsp3) is 0. The number of hydrogen-bond donors (Lipinski definition) is 0. The van der Waals surface area contributed by atoms with E-state index in [1.54, 1.807) is 6.07 Å². The van der Waals surface area contributed by atoms with Crippen molar-refractivity contribution in [1.29, 1.82) is 5.26 Å². The molecule has 0 aliphatic carbocycles. The summed E-state index contributed by atoms with van der Waals surface area (Å²) in [6.45, 7) is 0. The Labute approximate surface area is 161 Å². The lowest BCUT2D eigenvalue weighted by Gasteiger charge is -2.08. The van der Waals surface area contributed by atoms with Crippen molar-refractivity contribution in [3.63, 3.8) is 0 Å². The minimum atomic E-state index is 0.140. The quantitative estimate of drug-likeness (QED) is 0.486. The van der Waals surface area contributed by atoms with Crippen molar-refractivity contribution in [1.82, 2.24) is 15.0 Å². The van der Waals surface area contributed by atoms with Gasteiger partial charge in [-0.1, -0.05) is 66.7 Å². The standard InChI is InChI=1S/C22H13ClN4/c23-22-26-20(15-7-2-1-3-8-15)25-21(27-22)17-11-6-10-16(13-17)19-12-5-4-9-18(19)14-24/h1-13H. The maximum atomic E-state index is 9.36. The molecule has 4 rings (SSSR count). The Balaban J connectivity index is 1.81. The first-order valence-electron chi connectivity index (χ1n) is 8.31. The SMILES string of the molecule is N#Cc1ccccc1-c1cccc(-c2nc(Cl)nc(-c3ccccc3)n2)c1. The van der Waals surface area contributed by atoms with Gasteiger partial charge in [0.2, 0.25) is 5.28 Å². The van der Waals surface area contributed by atoms with Gasteiger partial charge in [-0.15, -0.1) is 0 Å². The van der Waals surface area contributed by atoms with Crippen LogP contribution in [0.2, 0.25) is 5.28 Å². The van der Waals surface area contributed by atoms with Crippen LogP contribution in [-0.4, -0.2) is 15.0 Å². The van der Waals surface area contributed by atoms with Crippen molar-refractivity contribution in [3.8, 4) is 40.0 Å². The van der Waals surface area contributed by atoms with Gasteiger partial charge in [0.05, 0.1) is 11.6 Å². The number of aromatic nitrogens is 3. The summed E-state index contributed by atoms with van der Waals surface area (Å²) < 4.78 is 0.